The van der Waals surface area contributed by atoms with Gasteiger partial charge in [-0.05, 0) is 51.9 Å². The molecule has 0 bridgehead atoms. The van der Waals surface area contributed by atoms with Crippen LogP contribution in [0.25, 0.3) is 11.3 Å². The van der Waals surface area contributed by atoms with Crippen LogP contribution < -0.4 is 5.32 Å². The van der Waals surface area contributed by atoms with E-state index in [-0.39, 0.29) is 24.8 Å². The van der Waals surface area contributed by atoms with Crippen LogP contribution in [0, 0.1) is 5.92 Å². The van der Waals surface area contributed by atoms with E-state index in [9.17, 15) is 0 Å². The van der Waals surface area contributed by atoms with Crippen molar-refractivity contribution in [2.45, 2.75) is 25.8 Å². The normalized spacial score (nSPS) is 15.5. The van der Waals surface area contributed by atoms with Gasteiger partial charge in [0.1, 0.15) is 0 Å². The summed E-state index contributed by atoms with van der Waals surface area (Å²) < 4.78 is 5.90. The molecule has 1 aromatic carbocycles. The Balaban J connectivity index is 0.00000144. The minimum atomic E-state index is 0. The van der Waals surface area contributed by atoms with Crippen LogP contribution in [0.1, 0.15) is 25.2 Å². The van der Waals surface area contributed by atoms with Crippen molar-refractivity contribution in [1.82, 2.24) is 15.2 Å². The van der Waals surface area contributed by atoms with Gasteiger partial charge in [-0.2, -0.15) is 0 Å². The van der Waals surface area contributed by atoms with E-state index >= 15 is 0 Å². The second kappa shape index (κ2) is 10.7. The summed E-state index contributed by atoms with van der Waals surface area (Å²) in [7, 11) is 2.03. The van der Waals surface area contributed by atoms with Crippen LogP contribution in [0.3, 0.4) is 0 Å². The topological polar surface area (TPSA) is 41.3 Å². The van der Waals surface area contributed by atoms with Crippen molar-refractivity contribution in [3.63, 3.8) is 0 Å². The van der Waals surface area contributed by atoms with Gasteiger partial charge in [-0.1, -0.05) is 30.3 Å². The quantitative estimate of drug-likeness (QED) is 0.832. The molecule has 24 heavy (non-hydrogen) atoms. The van der Waals surface area contributed by atoms with E-state index < -0.39 is 0 Å². The molecule has 134 valence electrons. The van der Waals surface area contributed by atoms with Crippen molar-refractivity contribution in [3.05, 3.63) is 42.4 Å². The molecule has 1 fully saturated rings. The van der Waals surface area contributed by atoms with Gasteiger partial charge < -0.3 is 9.73 Å². The zero-order valence-electron chi connectivity index (χ0n) is 14.1. The fourth-order valence-corrected chi connectivity index (χ4v) is 3.09. The number of rotatable bonds is 6. The number of oxazole rings is 1. The lowest BCUT2D eigenvalue weighted by molar-refractivity contribution is 0.160. The Morgan fingerprint density at radius 1 is 1.17 bits per heavy atom. The summed E-state index contributed by atoms with van der Waals surface area (Å²) in [5, 5.41) is 3.25. The van der Waals surface area contributed by atoms with E-state index in [1.807, 2.05) is 31.4 Å². The number of piperidine rings is 1. The number of halogens is 2. The van der Waals surface area contributed by atoms with Crippen LogP contribution in [0.2, 0.25) is 0 Å². The SMILES string of the molecule is CNCCC1CCN(Cc2ncc(-c3ccccc3)o2)CC1.Cl.Cl. The van der Waals surface area contributed by atoms with Crippen molar-refractivity contribution >= 4 is 24.8 Å². The molecule has 2 heterocycles. The first-order chi connectivity index (χ1) is 10.8. The number of nitrogens with one attached hydrogen (secondary N) is 1. The van der Waals surface area contributed by atoms with E-state index in [1.54, 1.807) is 0 Å². The highest BCUT2D eigenvalue weighted by Gasteiger charge is 2.20. The predicted octanol–water partition coefficient (Wildman–Crippen LogP) is 4.01. The lowest BCUT2D eigenvalue weighted by Crippen LogP contribution is -2.34. The Morgan fingerprint density at radius 3 is 2.54 bits per heavy atom. The van der Waals surface area contributed by atoms with E-state index in [0.29, 0.717) is 0 Å². The summed E-state index contributed by atoms with van der Waals surface area (Å²) in [6, 6.07) is 10.2. The van der Waals surface area contributed by atoms with Crippen LogP contribution in [0.15, 0.2) is 40.9 Å². The molecule has 0 atom stereocenters. The lowest BCUT2D eigenvalue weighted by atomic mass is 9.93. The van der Waals surface area contributed by atoms with Crippen LogP contribution in [0.5, 0.6) is 0 Å². The molecule has 0 radical (unpaired) electrons. The molecular formula is C18H27Cl2N3O. The summed E-state index contributed by atoms with van der Waals surface area (Å²) in [5.41, 5.74) is 1.09. The first kappa shape index (κ1) is 21.0. The summed E-state index contributed by atoms with van der Waals surface area (Å²) >= 11 is 0. The molecule has 4 nitrogen and oxygen atoms in total. The highest BCUT2D eigenvalue weighted by molar-refractivity contribution is 5.85. The maximum absolute atomic E-state index is 5.90. The van der Waals surface area contributed by atoms with Gasteiger partial charge in [-0.25, -0.2) is 4.98 Å². The van der Waals surface area contributed by atoms with Crippen molar-refractivity contribution in [1.29, 1.82) is 0 Å². The molecule has 0 spiro atoms. The van der Waals surface area contributed by atoms with E-state index in [4.69, 9.17) is 4.42 Å². The third-order valence-corrected chi connectivity index (χ3v) is 4.48. The van der Waals surface area contributed by atoms with Crippen LogP contribution in [-0.2, 0) is 6.54 Å². The van der Waals surface area contributed by atoms with Crippen LogP contribution in [-0.4, -0.2) is 36.6 Å². The van der Waals surface area contributed by atoms with Crippen LogP contribution in [0.4, 0.5) is 0 Å². The van der Waals surface area contributed by atoms with Gasteiger partial charge >= 0.3 is 0 Å². The number of nitrogens with zero attached hydrogens (tertiary/aromatic N) is 2. The van der Waals surface area contributed by atoms with E-state index in [0.717, 1.165) is 49.3 Å². The monoisotopic (exact) mass is 371 g/mol. The molecule has 1 aliphatic rings. The summed E-state index contributed by atoms with van der Waals surface area (Å²) in [6.45, 7) is 4.26. The minimum absolute atomic E-state index is 0. The van der Waals surface area contributed by atoms with Gasteiger partial charge in [0.15, 0.2) is 5.76 Å². The van der Waals surface area contributed by atoms with Crippen LogP contribution >= 0.6 is 24.8 Å². The Kier molecular flexibility index (Phi) is 9.37. The van der Waals surface area contributed by atoms with Gasteiger partial charge in [-0.3, -0.25) is 4.90 Å². The number of hydrogen-bond acceptors (Lipinski definition) is 4. The molecule has 3 rings (SSSR count). The zero-order chi connectivity index (χ0) is 15.2. The van der Waals surface area contributed by atoms with E-state index in [1.165, 1.54) is 19.3 Å². The van der Waals surface area contributed by atoms with Crippen molar-refractivity contribution in [2.75, 3.05) is 26.7 Å². The third kappa shape index (κ3) is 5.78. The molecule has 2 aromatic rings. The maximum Gasteiger partial charge on any atom is 0.209 e. The highest BCUT2D eigenvalue weighted by atomic mass is 35.5. The number of likely N-dealkylation sites (tertiary alicyclic amines) is 1. The molecule has 1 aromatic heterocycles. The predicted molar refractivity (Wildman–Crippen MR) is 103 cm³/mol. The summed E-state index contributed by atoms with van der Waals surface area (Å²) in [6.07, 6.45) is 5.70. The van der Waals surface area contributed by atoms with Gasteiger partial charge in [0.05, 0.1) is 12.7 Å². The molecule has 1 N–H and O–H groups in total. The second-order valence-corrected chi connectivity index (χ2v) is 6.10. The Bertz CT molecular complexity index is 569. The smallest absolute Gasteiger partial charge is 0.209 e. The fraction of sp³-hybridized carbons (Fsp3) is 0.500. The average Bonchev–Trinajstić information content (AvgIpc) is 3.04. The van der Waals surface area contributed by atoms with Gasteiger partial charge in [0.2, 0.25) is 5.89 Å². The van der Waals surface area contributed by atoms with E-state index in [2.05, 4.69) is 27.3 Å². The Labute approximate surface area is 156 Å². The molecule has 6 heteroatoms. The molecule has 0 amide bonds. The minimum Gasteiger partial charge on any atom is -0.439 e. The standard InChI is InChI=1S/C18H25N3O.2ClH/c1-19-10-7-15-8-11-21(12-9-15)14-18-20-13-17(22-18)16-5-3-2-4-6-16;;/h2-6,13,15,19H,7-12,14H2,1H3;2*1H. The summed E-state index contributed by atoms with van der Waals surface area (Å²) in [5.74, 6) is 2.56. The van der Waals surface area contributed by atoms with Gasteiger partial charge in [-0.15, -0.1) is 24.8 Å². The molecule has 0 unspecified atom stereocenters. The van der Waals surface area contributed by atoms with Crippen molar-refractivity contribution in [3.8, 4) is 11.3 Å². The van der Waals surface area contributed by atoms with Gasteiger partial charge in [0, 0.05) is 5.56 Å². The Hall–Kier alpha value is -1.07. The van der Waals surface area contributed by atoms with Crippen molar-refractivity contribution in [2.24, 2.45) is 5.92 Å². The average molecular weight is 372 g/mol. The molecule has 0 saturated carbocycles. The number of aromatic nitrogens is 1. The molecule has 0 aliphatic carbocycles. The summed E-state index contributed by atoms with van der Waals surface area (Å²) in [4.78, 5) is 6.89. The second-order valence-electron chi connectivity index (χ2n) is 6.10. The fourth-order valence-electron chi connectivity index (χ4n) is 3.09. The van der Waals surface area contributed by atoms with Gasteiger partial charge in [0.25, 0.3) is 0 Å². The lowest BCUT2D eigenvalue weighted by Gasteiger charge is -2.31. The maximum atomic E-state index is 5.90. The number of hydrogen-bond donors (Lipinski definition) is 1. The Morgan fingerprint density at radius 2 is 1.88 bits per heavy atom. The zero-order valence-corrected chi connectivity index (χ0v) is 15.7. The molecule has 1 saturated heterocycles. The largest absolute Gasteiger partial charge is 0.439 e. The van der Waals surface area contributed by atoms with Crippen molar-refractivity contribution < 1.29 is 4.42 Å². The molecule has 1 aliphatic heterocycles. The first-order valence-electron chi connectivity index (χ1n) is 8.22. The molecular weight excluding hydrogens is 345 g/mol. The highest BCUT2D eigenvalue weighted by Crippen LogP contribution is 2.23. The number of benzene rings is 1. The first-order valence-corrected chi connectivity index (χ1v) is 8.22. The third-order valence-electron chi connectivity index (χ3n) is 4.48.